The number of halogens is 1. The van der Waals surface area contributed by atoms with E-state index in [9.17, 15) is 0 Å². The second kappa shape index (κ2) is 5.79. The molecule has 0 aromatic carbocycles. The van der Waals surface area contributed by atoms with Crippen molar-refractivity contribution in [2.24, 2.45) is 0 Å². The van der Waals surface area contributed by atoms with Crippen LogP contribution in [0.4, 0.5) is 5.82 Å². The van der Waals surface area contributed by atoms with Crippen LogP contribution in [0, 0.1) is 0 Å². The molecular formula is C11H14ClN5O. The molecule has 0 aliphatic rings. The van der Waals surface area contributed by atoms with E-state index in [1.54, 1.807) is 30.2 Å². The standard InChI is InChI=1S/C11H14ClN5O/c1-3-18-7-10-15-9(13-2)4-11(16-10)17-6-8(12)5-14-17/h4-6H,3,7H2,1-2H3,(H,13,15,16). The third-order valence-corrected chi connectivity index (χ3v) is 2.43. The van der Waals surface area contributed by atoms with E-state index in [0.29, 0.717) is 35.7 Å². The Morgan fingerprint density at radius 1 is 1.44 bits per heavy atom. The van der Waals surface area contributed by atoms with Crippen LogP contribution >= 0.6 is 11.6 Å². The van der Waals surface area contributed by atoms with Crippen LogP contribution in [0.15, 0.2) is 18.5 Å². The number of hydrogen-bond donors (Lipinski definition) is 1. The molecule has 0 fully saturated rings. The lowest BCUT2D eigenvalue weighted by Crippen LogP contribution is -2.07. The highest BCUT2D eigenvalue weighted by molar-refractivity contribution is 6.30. The van der Waals surface area contributed by atoms with E-state index < -0.39 is 0 Å². The number of aromatic nitrogens is 4. The van der Waals surface area contributed by atoms with E-state index in [1.165, 1.54) is 0 Å². The van der Waals surface area contributed by atoms with Gasteiger partial charge < -0.3 is 10.1 Å². The number of nitrogens with one attached hydrogen (secondary N) is 1. The van der Waals surface area contributed by atoms with Gasteiger partial charge in [-0.2, -0.15) is 5.10 Å². The van der Waals surface area contributed by atoms with Crippen molar-refractivity contribution in [2.75, 3.05) is 19.0 Å². The summed E-state index contributed by atoms with van der Waals surface area (Å²) in [6.07, 6.45) is 3.25. The minimum Gasteiger partial charge on any atom is -0.374 e. The number of nitrogens with zero attached hydrogens (tertiary/aromatic N) is 4. The summed E-state index contributed by atoms with van der Waals surface area (Å²) in [6, 6.07) is 1.79. The first kappa shape index (κ1) is 12.8. The van der Waals surface area contributed by atoms with E-state index in [0.717, 1.165) is 0 Å². The second-order valence-corrected chi connectivity index (χ2v) is 3.95. The van der Waals surface area contributed by atoms with E-state index in [1.807, 2.05) is 6.92 Å². The first-order chi connectivity index (χ1) is 8.72. The zero-order valence-corrected chi connectivity index (χ0v) is 11.0. The summed E-state index contributed by atoms with van der Waals surface area (Å²) in [5.74, 6) is 1.96. The van der Waals surface area contributed by atoms with Crippen molar-refractivity contribution in [1.82, 2.24) is 19.7 Å². The van der Waals surface area contributed by atoms with E-state index in [2.05, 4.69) is 20.4 Å². The van der Waals surface area contributed by atoms with Gasteiger partial charge in [-0.15, -0.1) is 0 Å². The SMILES string of the molecule is CCOCc1nc(NC)cc(-n2cc(Cl)cn2)n1. The average Bonchev–Trinajstić information content (AvgIpc) is 2.82. The Balaban J connectivity index is 2.34. The highest BCUT2D eigenvalue weighted by Gasteiger charge is 2.07. The van der Waals surface area contributed by atoms with Crippen LogP contribution in [-0.2, 0) is 11.3 Å². The summed E-state index contributed by atoms with van der Waals surface area (Å²) in [5.41, 5.74) is 0. The molecule has 96 valence electrons. The number of rotatable bonds is 5. The molecule has 0 radical (unpaired) electrons. The summed E-state index contributed by atoms with van der Waals surface area (Å²) in [4.78, 5) is 8.67. The Kier molecular flexibility index (Phi) is 4.11. The van der Waals surface area contributed by atoms with Crippen molar-refractivity contribution in [3.63, 3.8) is 0 Å². The van der Waals surface area contributed by atoms with E-state index >= 15 is 0 Å². The monoisotopic (exact) mass is 267 g/mol. The van der Waals surface area contributed by atoms with Crippen molar-refractivity contribution in [3.05, 3.63) is 29.3 Å². The fraction of sp³-hybridized carbons (Fsp3) is 0.364. The van der Waals surface area contributed by atoms with Gasteiger partial charge in [-0.3, -0.25) is 0 Å². The molecule has 0 amide bonds. The highest BCUT2D eigenvalue weighted by Crippen LogP contribution is 2.13. The smallest absolute Gasteiger partial charge is 0.159 e. The molecule has 2 aromatic rings. The summed E-state index contributed by atoms with van der Waals surface area (Å²) in [6.45, 7) is 2.92. The van der Waals surface area contributed by atoms with Crippen molar-refractivity contribution in [2.45, 2.75) is 13.5 Å². The molecule has 18 heavy (non-hydrogen) atoms. The predicted molar refractivity (Wildman–Crippen MR) is 69.0 cm³/mol. The third-order valence-electron chi connectivity index (χ3n) is 2.24. The quantitative estimate of drug-likeness (QED) is 0.896. The maximum atomic E-state index is 5.84. The van der Waals surface area contributed by atoms with Gasteiger partial charge in [-0.05, 0) is 6.92 Å². The van der Waals surface area contributed by atoms with Gasteiger partial charge in [-0.25, -0.2) is 14.6 Å². The van der Waals surface area contributed by atoms with Gasteiger partial charge >= 0.3 is 0 Å². The number of ether oxygens (including phenoxy) is 1. The summed E-state index contributed by atoms with van der Waals surface area (Å²) < 4.78 is 6.90. The van der Waals surface area contributed by atoms with Crippen molar-refractivity contribution < 1.29 is 4.74 Å². The van der Waals surface area contributed by atoms with Gasteiger partial charge in [0.15, 0.2) is 11.6 Å². The van der Waals surface area contributed by atoms with E-state index in [4.69, 9.17) is 16.3 Å². The molecule has 0 unspecified atom stereocenters. The second-order valence-electron chi connectivity index (χ2n) is 3.52. The van der Waals surface area contributed by atoms with Crippen LogP contribution in [0.1, 0.15) is 12.7 Å². The lowest BCUT2D eigenvalue weighted by molar-refractivity contribution is 0.128. The molecule has 0 atom stereocenters. The molecule has 0 saturated heterocycles. The molecule has 6 nitrogen and oxygen atoms in total. The van der Waals surface area contributed by atoms with Crippen LogP contribution in [0.25, 0.3) is 5.82 Å². The number of hydrogen-bond acceptors (Lipinski definition) is 5. The van der Waals surface area contributed by atoms with Crippen LogP contribution < -0.4 is 5.32 Å². The lowest BCUT2D eigenvalue weighted by atomic mass is 10.5. The molecule has 0 bridgehead atoms. The molecule has 2 heterocycles. The van der Waals surface area contributed by atoms with Crippen molar-refractivity contribution >= 4 is 17.4 Å². The maximum absolute atomic E-state index is 5.84. The maximum Gasteiger partial charge on any atom is 0.159 e. The van der Waals surface area contributed by atoms with Crippen LogP contribution in [0.2, 0.25) is 5.02 Å². The molecule has 1 N–H and O–H groups in total. The molecule has 7 heteroatoms. The van der Waals surface area contributed by atoms with Gasteiger partial charge in [0, 0.05) is 19.7 Å². The third kappa shape index (κ3) is 2.96. The molecular weight excluding hydrogens is 254 g/mol. The van der Waals surface area contributed by atoms with Crippen LogP contribution in [-0.4, -0.2) is 33.4 Å². The van der Waals surface area contributed by atoms with Gasteiger partial charge in [0.1, 0.15) is 12.4 Å². The zero-order valence-electron chi connectivity index (χ0n) is 10.2. The summed E-state index contributed by atoms with van der Waals surface area (Å²) in [5, 5.41) is 7.65. The van der Waals surface area contributed by atoms with Crippen LogP contribution in [0.5, 0.6) is 0 Å². The molecule has 0 saturated carbocycles. The minimum absolute atomic E-state index is 0.369. The van der Waals surface area contributed by atoms with Gasteiger partial charge in [0.2, 0.25) is 0 Å². The lowest BCUT2D eigenvalue weighted by Gasteiger charge is -2.07. The van der Waals surface area contributed by atoms with Crippen LogP contribution in [0.3, 0.4) is 0 Å². The first-order valence-corrected chi connectivity index (χ1v) is 5.94. The van der Waals surface area contributed by atoms with Gasteiger partial charge in [0.05, 0.1) is 17.4 Å². The molecule has 0 spiro atoms. The topological polar surface area (TPSA) is 64.9 Å². The Labute approximate surface area is 110 Å². The average molecular weight is 268 g/mol. The van der Waals surface area contributed by atoms with Gasteiger partial charge in [0.25, 0.3) is 0 Å². The Morgan fingerprint density at radius 2 is 2.28 bits per heavy atom. The molecule has 0 aliphatic carbocycles. The van der Waals surface area contributed by atoms with Crippen molar-refractivity contribution in [1.29, 1.82) is 0 Å². The fourth-order valence-electron chi connectivity index (χ4n) is 1.41. The first-order valence-electron chi connectivity index (χ1n) is 5.57. The fourth-order valence-corrected chi connectivity index (χ4v) is 1.55. The largest absolute Gasteiger partial charge is 0.374 e. The van der Waals surface area contributed by atoms with Crippen molar-refractivity contribution in [3.8, 4) is 5.82 Å². The summed E-state index contributed by atoms with van der Waals surface area (Å²) >= 11 is 5.84. The Morgan fingerprint density at radius 3 is 2.89 bits per heavy atom. The highest BCUT2D eigenvalue weighted by atomic mass is 35.5. The Hall–Kier alpha value is -1.66. The molecule has 2 rings (SSSR count). The molecule has 2 aromatic heterocycles. The van der Waals surface area contributed by atoms with Gasteiger partial charge in [-0.1, -0.05) is 11.6 Å². The normalized spacial score (nSPS) is 10.6. The molecule has 0 aliphatic heterocycles. The zero-order chi connectivity index (χ0) is 13.0. The minimum atomic E-state index is 0.369. The Bertz CT molecular complexity index is 528. The predicted octanol–water partition coefficient (Wildman–Crippen LogP) is 1.89. The summed E-state index contributed by atoms with van der Waals surface area (Å²) in [7, 11) is 1.80. The number of anilines is 1. The van der Waals surface area contributed by atoms with E-state index in [-0.39, 0.29) is 0 Å².